The minimum atomic E-state index is -1.78. The molecule has 0 aliphatic heterocycles. The monoisotopic (exact) mass is 310 g/mol. The normalized spacial score (nSPS) is 12.5. The van der Waals surface area contributed by atoms with Crippen molar-refractivity contribution in [3.05, 3.63) is 29.8 Å². The summed E-state index contributed by atoms with van der Waals surface area (Å²) in [5.74, 6) is 0.944. The van der Waals surface area contributed by atoms with Crippen molar-refractivity contribution >= 4 is 17.4 Å². The number of methoxy groups -OCH3 is 1. The molecule has 0 unspecified atom stereocenters. The molecule has 1 rings (SSSR count). The van der Waals surface area contributed by atoms with Crippen molar-refractivity contribution in [3.8, 4) is 5.75 Å². The van der Waals surface area contributed by atoms with Crippen LogP contribution in [0.25, 0.3) is 0 Å². The van der Waals surface area contributed by atoms with Crippen LogP contribution in [0.1, 0.15) is 33.3 Å². The van der Waals surface area contributed by atoms with Gasteiger partial charge >= 0.3 is 0 Å². The van der Waals surface area contributed by atoms with E-state index >= 15 is 0 Å². The second-order valence-corrected chi connectivity index (χ2v) is 14.1. The van der Waals surface area contributed by atoms with Crippen molar-refractivity contribution in [1.29, 1.82) is 0 Å². The number of benzene rings is 1. The Kier molecular flexibility index (Phi) is 6.49. The van der Waals surface area contributed by atoms with Gasteiger partial charge < -0.3 is 8.85 Å². The lowest BCUT2D eigenvalue weighted by molar-refractivity contribution is 0.414. The third kappa shape index (κ3) is 4.20. The molecule has 0 N–H and O–H groups in total. The Balaban J connectivity index is 3.10. The van der Waals surface area contributed by atoms with Crippen molar-refractivity contribution in [1.82, 2.24) is 0 Å². The topological polar surface area (TPSA) is 18.5 Å². The van der Waals surface area contributed by atoms with Crippen LogP contribution in [0.3, 0.4) is 0 Å². The Hall–Kier alpha value is -0.586. The van der Waals surface area contributed by atoms with E-state index in [-0.39, 0.29) is 0 Å². The molecule has 0 radical (unpaired) electrons. The zero-order chi connectivity index (χ0) is 15.3. The van der Waals surface area contributed by atoms with E-state index in [0.717, 1.165) is 11.8 Å². The number of hydrogen-bond donors (Lipinski definition) is 0. The summed E-state index contributed by atoms with van der Waals surface area (Å²) in [5, 5.41) is 0. The summed E-state index contributed by atoms with van der Waals surface area (Å²) < 4.78 is 12.0. The van der Waals surface area contributed by atoms with Gasteiger partial charge in [-0.15, -0.1) is 0 Å². The van der Waals surface area contributed by atoms with Gasteiger partial charge in [0.1, 0.15) is 5.75 Å². The fourth-order valence-corrected chi connectivity index (χ4v) is 12.0. The van der Waals surface area contributed by atoms with Crippen LogP contribution >= 0.6 is 0 Å². The first-order valence-electron chi connectivity index (χ1n) is 7.62. The molecule has 1 aromatic carbocycles. The van der Waals surface area contributed by atoms with Crippen molar-refractivity contribution < 1.29 is 8.85 Å². The quantitative estimate of drug-likeness (QED) is 0.688. The highest BCUT2D eigenvalue weighted by molar-refractivity contribution is 6.81. The Morgan fingerprint density at radius 1 is 1.10 bits per heavy atom. The lowest BCUT2D eigenvalue weighted by Crippen LogP contribution is -2.50. The average molecular weight is 311 g/mol. The highest BCUT2D eigenvalue weighted by Gasteiger charge is 2.42. The van der Waals surface area contributed by atoms with Gasteiger partial charge in [0.05, 0.1) is 7.11 Å². The third-order valence-corrected chi connectivity index (χ3v) is 12.5. The maximum Gasteiger partial charge on any atom is 0.189 e. The van der Waals surface area contributed by atoms with Gasteiger partial charge in [-0.2, -0.15) is 0 Å². The Morgan fingerprint density at radius 3 is 2.15 bits per heavy atom. The van der Waals surface area contributed by atoms with Gasteiger partial charge in [-0.05, 0) is 47.9 Å². The van der Waals surface area contributed by atoms with Gasteiger partial charge in [0.2, 0.25) is 0 Å². The number of rotatable bonds is 7. The Bertz CT molecular complexity index is 409. The summed E-state index contributed by atoms with van der Waals surface area (Å²) in [6.07, 6.45) is 0. The largest absolute Gasteiger partial charge is 0.497 e. The smallest absolute Gasteiger partial charge is 0.189 e. The van der Waals surface area contributed by atoms with Gasteiger partial charge in [0, 0.05) is 0 Å². The SMILES string of the molecule is COc1cccc(C[Si](O[SiH](C)C)(C(C)C)C(C)C)c1. The van der Waals surface area contributed by atoms with Crippen LogP contribution < -0.4 is 4.74 Å². The number of hydrogen-bond acceptors (Lipinski definition) is 2. The predicted molar refractivity (Wildman–Crippen MR) is 92.6 cm³/mol. The molecular formula is C16H30O2Si2. The molecule has 20 heavy (non-hydrogen) atoms. The van der Waals surface area contributed by atoms with Crippen molar-refractivity contribution in [3.63, 3.8) is 0 Å². The third-order valence-electron chi connectivity index (χ3n) is 4.02. The fourth-order valence-electron chi connectivity index (χ4n) is 2.93. The molecule has 0 aromatic heterocycles. The maximum absolute atomic E-state index is 6.68. The van der Waals surface area contributed by atoms with Crippen LogP contribution in [0.2, 0.25) is 24.2 Å². The lowest BCUT2D eigenvalue weighted by atomic mass is 10.2. The van der Waals surface area contributed by atoms with Gasteiger partial charge in [-0.25, -0.2) is 0 Å². The Morgan fingerprint density at radius 2 is 1.70 bits per heavy atom. The second kappa shape index (κ2) is 7.43. The zero-order valence-electron chi connectivity index (χ0n) is 14.1. The van der Waals surface area contributed by atoms with E-state index in [4.69, 9.17) is 8.85 Å². The van der Waals surface area contributed by atoms with E-state index in [1.54, 1.807) is 7.11 Å². The van der Waals surface area contributed by atoms with E-state index < -0.39 is 17.4 Å². The molecular weight excluding hydrogens is 280 g/mol. The summed E-state index contributed by atoms with van der Waals surface area (Å²) >= 11 is 0. The molecule has 0 amide bonds. The van der Waals surface area contributed by atoms with Crippen LogP contribution in [0, 0.1) is 0 Å². The summed E-state index contributed by atoms with van der Waals surface area (Å²) in [4.78, 5) is 0. The van der Waals surface area contributed by atoms with Crippen molar-refractivity contribution in [2.45, 2.75) is 57.9 Å². The molecule has 1 aromatic rings. The molecule has 0 saturated heterocycles. The molecule has 114 valence electrons. The second-order valence-electron chi connectivity index (χ2n) is 6.46. The van der Waals surface area contributed by atoms with Crippen molar-refractivity contribution in [2.24, 2.45) is 0 Å². The molecule has 0 bridgehead atoms. The van der Waals surface area contributed by atoms with E-state index in [1.165, 1.54) is 5.56 Å². The fraction of sp³-hybridized carbons (Fsp3) is 0.625. The van der Waals surface area contributed by atoms with Gasteiger partial charge in [-0.1, -0.05) is 39.8 Å². The number of ether oxygens (including phenoxy) is 1. The first kappa shape index (κ1) is 17.5. The molecule has 0 aliphatic rings. The molecule has 4 heteroatoms. The summed E-state index contributed by atoms with van der Waals surface area (Å²) in [5.41, 5.74) is 2.61. The molecule has 0 saturated carbocycles. The Labute approximate surface area is 127 Å². The summed E-state index contributed by atoms with van der Waals surface area (Å²) in [6, 6.07) is 9.55. The van der Waals surface area contributed by atoms with Gasteiger partial charge in [-0.3, -0.25) is 0 Å². The van der Waals surface area contributed by atoms with Crippen LogP contribution in [0.15, 0.2) is 24.3 Å². The van der Waals surface area contributed by atoms with Gasteiger partial charge in [0.25, 0.3) is 0 Å². The van der Waals surface area contributed by atoms with Crippen LogP contribution in [-0.4, -0.2) is 24.5 Å². The van der Waals surface area contributed by atoms with E-state index in [0.29, 0.717) is 11.1 Å². The molecule has 2 nitrogen and oxygen atoms in total. The van der Waals surface area contributed by atoms with E-state index in [1.807, 2.05) is 6.07 Å². The first-order valence-corrected chi connectivity index (χ1v) is 12.7. The first-order chi connectivity index (χ1) is 9.31. The highest BCUT2D eigenvalue weighted by atomic mass is 28.4. The molecule has 0 spiro atoms. The maximum atomic E-state index is 6.68. The average Bonchev–Trinajstić information content (AvgIpc) is 2.37. The summed E-state index contributed by atoms with van der Waals surface area (Å²) in [7, 11) is -1.09. The van der Waals surface area contributed by atoms with Crippen LogP contribution in [0.5, 0.6) is 5.75 Å². The molecule has 0 atom stereocenters. The molecule has 0 aliphatic carbocycles. The highest BCUT2D eigenvalue weighted by Crippen LogP contribution is 2.37. The zero-order valence-corrected chi connectivity index (χ0v) is 16.2. The molecule has 0 fully saturated rings. The lowest BCUT2D eigenvalue weighted by Gasteiger charge is -2.41. The van der Waals surface area contributed by atoms with Gasteiger partial charge in [0.15, 0.2) is 17.4 Å². The minimum absolute atomic E-state index is 0.628. The van der Waals surface area contributed by atoms with Crippen molar-refractivity contribution in [2.75, 3.05) is 7.11 Å². The molecule has 0 heterocycles. The standard InChI is InChI=1S/C16H30O2Si2/c1-13(2)20(14(3)4,18-19(6)7)12-15-9-8-10-16(11-15)17-5/h8-11,13-14,19H,12H2,1-7H3. The minimum Gasteiger partial charge on any atom is -0.497 e. The van der Waals surface area contributed by atoms with E-state index in [9.17, 15) is 0 Å². The predicted octanol–water partition coefficient (Wildman–Crippen LogP) is 4.54. The van der Waals surface area contributed by atoms with E-state index in [2.05, 4.69) is 59.0 Å². The summed E-state index contributed by atoms with van der Waals surface area (Å²) in [6.45, 7) is 13.9. The van der Waals surface area contributed by atoms with Crippen LogP contribution in [0.4, 0.5) is 0 Å². The van der Waals surface area contributed by atoms with Crippen LogP contribution in [-0.2, 0) is 10.2 Å².